The van der Waals surface area contributed by atoms with Gasteiger partial charge >= 0.3 is 0 Å². The van der Waals surface area contributed by atoms with Gasteiger partial charge in [0, 0.05) is 17.6 Å². The van der Waals surface area contributed by atoms with Crippen LogP contribution in [-0.4, -0.2) is 5.71 Å². The van der Waals surface area contributed by atoms with Crippen LogP contribution in [0.25, 0.3) is 43.8 Å². The molecule has 0 N–H and O–H groups in total. The van der Waals surface area contributed by atoms with Crippen molar-refractivity contribution in [1.82, 2.24) is 0 Å². The molecular formula is C38H23N. The number of hydrogen-bond acceptors (Lipinski definition) is 1. The third kappa shape index (κ3) is 2.82. The summed E-state index contributed by atoms with van der Waals surface area (Å²) in [4.78, 5) is 5.26. The van der Waals surface area contributed by atoms with Crippen molar-refractivity contribution < 1.29 is 0 Å². The molecule has 0 aromatic heterocycles. The SMILES string of the molecule is c1ccc2c(c1)CC(C1=C3C(=C(c4cccc5ccccc45)c4ccccc43)c3ccc4ccccc4c31)=N2. The first kappa shape index (κ1) is 21.0. The van der Waals surface area contributed by atoms with Crippen molar-refractivity contribution in [2.24, 2.45) is 4.99 Å². The van der Waals surface area contributed by atoms with Crippen LogP contribution in [0.1, 0.15) is 33.4 Å². The average Bonchev–Trinajstić information content (AvgIpc) is 3.67. The third-order valence-electron chi connectivity index (χ3n) is 8.62. The molecule has 39 heavy (non-hydrogen) atoms. The molecular weight excluding hydrogens is 470 g/mol. The molecule has 1 nitrogen and oxygen atoms in total. The average molecular weight is 494 g/mol. The number of aliphatic imine (C=N–C) groups is 1. The van der Waals surface area contributed by atoms with Crippen molar-refractivity contribution in [2.45, 2.75) is 6.42 Å². The zero-order valence-corrected chi connectivity index (χ0v) is 21.3. The summed E-state index contributed by atoms with van der Waals surface area (Å²) in [7, 11) is 0. The molecule has 0 spiro atoms. The Morgan fingerprint density at radius 3 is 1.87 bits per heavy atom. The molecule has 0 amide bonds. The molecule has 180 valence electrons. The molecule has 6 aromatic carbocycles. The number of rotatable bonds is 2. The fourth-order valence-electron chi connectivity index (χ4n) is 7.01. The molecule has 0 fully saturated rings. The lowest BCUT2D eigenvalue weighted by atomic mass is 9.88. The Bertz CT molecular complexity index is 2130. The molecule has 6 aromatic rings. The Morgan fingerprint density at radius 1 is 0.410 bits per heavy atom. The fraction of sp³-hybridized carbons (Fsp3) is 0.0263. The highest BCUT2D eigenvalue weighted by atomic mass is 14.8. The molecule has 2 aliphatic carbocycles. The summed E-state index contributed by atoms with van der Waals surface area (Å²) in [5, 5.41) is 5.13. The van der Waals surface area contributed by atoms with Crippen molar-refractivity contribution in [3.63, 3.8) is 0 Å². The second-order valence-corrected chi connectivity index (χ2v) is 10.6. The van der Waals surface area contributed by atoms with Crippen LogP contribution in [0.2, 0.25) is 0 Å². The quantitative estimate of drug-likeness (QED) is 0.228. The van der Waals surface area contributed by atoms with E-state index in [2.05, 4.69) is 127 Å². The number of hydrogen-bond donors (Lipinski definition) is 0. The summed E-state index contributed by atoms with van der Waals surface area (Å²) >= 11 is 0. The zero-order valence-electron chi connectivity index (χ0n) is 21.3. The number of para-hydroxylation sites is 1. The highest BCUT2D eigenvalue weighted by Gasteiger charge is 2.40. The van der Waals surface area contributed by atoms with Crippen molar-refractivity contribution >= 4 is 55.2 Å². The van der Waals surface area contributed by atoms with Crippen molar-refractivity contribution in [2.75, 3.05) is 0 Å². The Morgan fingerprint density at radius 2 is 1.03 bits per heavy atom. The van der Waals surface area contributed by atoms with Crippen molar-refractivity contribution in [1.29, 1.82) is 0 Å². The van der Waals surface area contributed by atoms with Gasteiger partial charge < -0.3 is 0 Å². The molecule has 0 bridgehead atoms. The summed E-state index contributed by atoms with van der Waals surface area (Å²) in [5.41, 5.74) is 15.5. The Hall–Kier alpha value is -5.01. The van der Waals surface area contributed by atoms with Gasteiger partial charge in [-0.15, -0.1) is 0 Å². The van der Waals surface area contributed by atoms with Crippen molar-refractivity contribution in [3.05, 3.63) is 161 Å². The predicted molar refractivity (Wildman–Crippen MR) is 164 cm³/mol. The van der Waals surface area contributed by atoms with E-state index in [9.17, 15) is 0 Å². The van der Waals surface area contributed by atoms with Gasteiger partial charge in [-0.1, -0.05) is 121 Å². The molecule has 9 rings (SSSR count). The summed E-state index contributed by atoms with van der Waals surface area (Å²) < 4.78 is 0. The summed E-state index contributed by atoms with van der Waals surface area (Å²) in [5.74, 6) is 0. The molecule has 0 unspecified atom stereocenters. The maximum Gasteiger partial charge on any atom is 0.0669 e. The molecule has 0 radical (unpaired) electrons. The van der Waals surface area contributed by atoms with E-state index < -0.39 is 0 Å². The van der Waals surface area contributed by atoms with Crippen molar-refractivity contribution in [3.8, 4) is 0 Å². The lowest BCUT2D eigenvalue weighted by molar-refractivity contribution is 1.40. The van der Waals surface area contributed by atoms with Gasteiger partial charge in [-0.3, -0.25) is 4.99 Å². The summed E-state index contributed by atoms with van der Waals surface area (Å²) in [6.07, 6.45) is 0.858. The summed E-state index contributed by atoms with van der Waals surface area (Å²) in [6, 6.07) is 46.5. The third-order valence-corrected chi connectivity index (χ3v) is 8.62. The zero-order chi connectivity index (χ0) is 25.5. The largest absolute Gasteiger partial charge is 0.252 e. The van der Waals surface area contributed by atoms with Crippen LogP contribution in [0.5, 0.6) is 0 Å². The van der Waals surface area contributed by atoms with Gasteiger partial charge in [0.05, 0.1) is 11.4 Å². The summed E-state index contributed by atoms with van der Waals surface area (Å²) in [6.45, 7) is 0. The molecule has 0 saturated carbocycles. The minimum absolute atomic E-state index is 0.858. The number of benzene rings is 6. The highest BCUT2D eigenvalue weighted by molar-refractivity contribution is 6.48. The topological polar surface area (TPSA) is 12.4 Å². The van der Waals surface area contributed by atoms with Gasteiger partial charge in [0.2, 0.25) is 0 Å². The van der Waals surface area contributed by atoms with E-state index in [1.807, 2.05) is 0 Å². The van der Waals surface area contributed by atoms with Crippen LogP contribution in [0, 0.1) is 0 Å². The van der Waals surface area contributed by atoms with Crippen LogP contribution in [0.3, 0.4) is 0 Å². The second-order valence-electron chi connectivity index (χ2n) is 10.6. The first-order valence-corrected chi connectivity index (χ1v) is 13.6. The Labute approximate surface area is 227 Å². The van der Waals surface area contributed by atoms with Crippen LogP contribution in [0.4, 0.5) is 5.69 Å². The first-order chi connectivity index (χ1) is 19.4. The number of nitrogens with zero attached hydrogens (tertiary/aromatic N) is 1. The van der Waals surface area contributed by atoms with Crippen LogP contribution < -0.4 is 0 Å². The lowest BCUT2D eigenvalue weighted by Gasteiger charge is -2.15. The first-order valence-electron chi connectivity index (χ1n) is 13.6. The predicted octanol–water partition coefficient (Wildman–Crippen LogP) is 9.52. The molecule has 1 aliphatic heterocycles. The van der Waals surface area contributed by atoms with Crippen LogP contribution in [-0.2, 0) is 6.42 Å². The number of fused-ring (bicyclic) bond motifs is 9. The highest BCUT2D eigenvalue weighted by Crippen LogP contribution is 2.59. The second kappa shape index (κ2) is 7.75. The normalized spacial score (nSPS) is 15.0. The van der Waals surface area contributed by atoms with Crippen LogP contribution in [0.15, 0.2) is 132 Å². The molecule has 1 heterocycles. The molecule has 0 atom stereocenters. The van der Waals surface area contributed by atoms with E-state index in [4.69, 9.17) is 4.99 Å². The lowest BCUT2D eigenvalue weighted by Crippen LogP contribution is -2.03. The smallest absolute Gasteiger partial charge is 0.0669 e. The van der Waals surface area contributed by atoms with Gasteiger partial charge in [0.25, 0.3) is 0 Å². The standard InChI is InChI=1S/C38H23N/c1-4-14-26-23(10-1)13-9-18-28(26)35-29-16-6-7-17-30(29)36-37(35)31-21-20-24-11-2-5-15-27(24)34(31)38(36)33-22-25-12-3-8-19-32(25)39-33/h1-21H,22H2. The Balaban J connectivity index is 1.45. The monoisotopic (exact) mass is 493 g/mol. The molecule has 1 heteroatoms. The molecule has 0 saturated heterocycles. The van der Waals surface area contributed by atoms with Gasteiger partial charge in [-0.25, -0.2) is 0 Å². The van der Waals surface area contributed by atoms with Gasteiger partial charge in [-0.2, -0.15) is 0 Å². The van der Waals surface area contributed by atoms with E-state index in [1.165, 1.54) is 82.9 Å². The Kier molecular flexibility index (Phi) is 4.17. The van der Waals surface area contributed by atoms with Crippen LogP contribution >= 0.6 is 0 Å². The van der Waals surface area contributed by atoms with Gasteiger partial charge in [0.15, 0.2) is 0 Å². The van der Waals surface area contributed by atoms with E-state index >= 15 is 0 Å². The minimum atomic E-state index is 0.858. The van der Waals surface area contributed by atoms with E-state index in [0.29, 0.717) is 0 Å². The number of allylic oxidation sites excluding steroid dienone is 3. The van der Waals surface area contributed by atoms with E-state index in [1.54, 1.807) is 0 Å². The molecule has 3 aliphatic rings. The van der Waals surface area contributed by atoms with Gasteiger partial charge in [-0.05, 0) is 72.1 Å². The maximum absolute atomic E-state index is 5.26. The minimum Gasteiger partial charge on any atom is -0.252 e. The maximum atomic E-state index is 5.26. The van der Waals surface area contributed by atoms with Gasteiger partial charge in [0.1, 0.15) is 0 Å². The van der Waals surface area contributed by atoms with E-state index in [0.717, 1.165) is 12.1 Å². The fourth-order valence-corrected chi connectivity index (χ4v) is 7.01. The van der Waals surface area contributed by atoms with E-state index in [-0.39, 0.29) is 0 Å².